The van der Waals surface area contributed by atoms with Crippen molar-refractivity contribution in [1.82, 2.24) is 10.2 Å². The van der Waals surface area contributed by atoms with Gasteiger partial charge in [0.05, 0.1) is 26.2 Å². The highest BCUT2D eigenvalue weighted by Gasteiger charge is 2.33. The maximum atomic E-state index is 14.1. The van der Waals surface area contributed by atoms with Crippen molar-refractivity contribution in [2.45, 2.75) is 38.9 Å². The average Bonchev–Trinajstić information content (AvgIpc) is 2.93. The van der Waals surface area contributed by atoms with Crippen molar-refractivity contribution in [3.63, 3.8) is 0 Å². The molecule has 3 aromatic carbocycles. The zero-order valence-electron chi connectivity index (χ0n) is 23.5. The molecule has 0 spiro atoms. The fourth-order valence-corrected chi connectivity index (χ4v) is 5.11. The van der Waals surface area contributed by atoms with Crippen LogP contribution in [-0.4, -0.2) is 64.2 Å². The molecule has 0 aliphatic rings. The van der Waals surface area contributed by atoms with Crippen LogP contribution in [0.4, 0.5) is 5.69 Å². The van der Waals surface area contributed by atoms with Gasteiger partial charge in [0, 0.05) is 19.0 Å². The fourth-order valence-electron chi connectivity index (χ4n) is 4.26. The number of ether oxygens (including phenoxy) is 2. The van der Waals surface area contributed by atoms with Gasteiger partial charge in [-0.05, 0) is 61.4 Å². The first-order valence-electron chi connectivity index (χ1n) is 12.9. The first kappa shape index (κ1) is 30.5. The average molecular weight is 568 g/mol. The molecule has 3 rings (SSSR count). The molecule has 1 N–H and O–H groups in total. The van der Waals surface area contributed by atoms with Gasteiger partial charge in [-0.25, -0.2) is 8.42 Å². The lowest BCUT2D eigenvalue weighted by atomic mass is 10.0. The normalized spacial score (nSPS) is 11.9. The molecule has 0 unspecified atom stereocenters. The summed E-state index contributed by atoms with van der Waals surface area (Å²) in [6, 6.07) is 22.0. The summed E-state index contributed by atoms with van der Waals surface area (Å²) >= 11 is 0. The van der Waals surface area contributed by atoms with Crippen molar-refractivity contribution >= 4 is 27.5 Å². The monoisotopic (exact) mass is 567 g/mol. The van der Waals surface area contributed by atoms with Crippen LogP contribution in [0.5, 0.6) is 11.5 Å². The quantitative estimate of drug-likeness (QED) is 0.338. The van der Waals surface area contributed by atoms with E-state index in [9.17, 15) is 18.0 Å². The standard InChI is InChI=1S/C30H37N3O6S/c1-22(2)31-30(35)28(19-23-10-7-6-8-11-23)32(20-24-12-9-13-27(18-24)39-4)29(34)21-33(40(5,36)37)25-14-16-26(38-3)17-15-25/h6-18,22,28H,19-21H2,1-5H3,(H,31,35)/t28-/m0/s1. The van der Waals surface area contributed by atoms with Crippen LogP contribution in [-0.2, 0) is 32.6 Å². The highest BCUT2D eigenvalue weighted by Crippen LogP contribution is 2.23. The molecule has 0 aliphatic heterocycles. The second kappa shape index (κ2) is 13.8. The van der Waals surface area contributed by atoms with Crippen molar-refractivity contribution in [1.29, 1.82) is 0 Å². The lowest BCUT2D eigenvalue weighted by Crippen LogP contribution is -2.54. The van der Waals surface area contributed by atoms with Crippen LogP contribution in [0.2, 0.25) is 0 Å². The molecule has 214 valence electrons. The van der Waals surface area contributed by atoms with E-state index in [2.05, 4.69) is 5.32 Å². The van der Waals surface area contributed by atoms with E-state index in [-0.39, 0.29) is 24.9 Å². The Kier molecular flexibility index (Phi) is 10.6. The molecule has 0 saturated carbocycles. The summed E-state index contributed by atoms with van der Waals surface area (Å²) in [5, 5.41) is 2.93. The van der Waals surface area contributed by atoms with Gasteiger partial charge in [-0.3, -0.25) is 13.9 Å². The smallest absolute Gasteiger partial charge is 0.244 e. The second-order valence-electron chi connectivity index (χ2n) is 9.71. The molecule has 1 atom stereocenters. The topological polar surface area (TPSA) is 105 Å². The summed E-state index contributed by atoms with van der Waals surface area (Å²) < 4.78 is 37.3. The lowest BCUT2D eigenvalue weighted by molar-refractivity contribution is -0.140. The van der Waals surface area contributed by atoms with E-state index in [0.717, 1.165) is 21.7 Å². The molecule has 0 bridgehead atoms. The van der Waals surface area contributed by atoms with E-state index in [1.807, 2.05) is 50.2 Å². The molecule has 10 heteroatoms. The Hall–Kier alpha value is -4.05. The zero-order chi connectivity index (χ0) is 29.3. The van der Waals surface area contributed by atoms with E-state index in [1.165, 1.54) is 12.0 Å². The number of sulfonamides is 1. The van der Waals surface area contributed by atoms with Crippen LogP contribution in [0.3, 0.4) is 0 Å². The van der Waals surface area contributed by atoms with E-state index in [1.54, 1.807) is 49.6 Å². The number of nitrogens with zero attached hydrogens (tertiary/aromatic N) is 2. The minimum Gasteiger partial charge on any atom is -0.497 e. The van der Waals surface area contributed by atoms with Crippen LogP contribution in [0.1, 0.15) is 25.0 Å². The van der Waals surface area contributed by atoms with E-state index < -0.39 is 28.5 Å². The highest BCUT2D eigenvalue weighted by atomic mass is 32.2. The number of carbonyl (C=O) groups is 2. The molecule has 0 heterocycles. The SMILES string of the molecule is COc1ccc(N(CC(=O)N(Cc2cccc(OC)c2)[C@@H](Cc2ccccc2)C(=O)NC(C)C)S(C)(=O)=O)cc1. The Morgan fingerprint density at radius 2 is 1.48 bits per heavy atom. The van der Waals surface area contributed by atoms with Crippen molar-refractivity contribution in [2.75, 3.05) is 31.3 Å². The van der Waals surface area contributed by atoms with E-state index >= 15 is 0 Å². The van der Waals surface area contributed by atoms with Crippen molar-refractivity contribution in [3.05, 3.63) is 90.0 Å². The van der Waals surface area contributed by atoms with E-state index in [4.69, 9.17) is 9.47 Å². The molecule has 0 aromatic heterocycles. The number of hydrogen-bond donors (Lipinski definition) is 1. The minimum absolute atomic E-state index is 0.0687. The number of carbonyl (C=O) groups excluding carboxylic acids is 2. The summed E-state index contributed by atoms with van der Waals surface area (Å²) in [4.78, 5) is 29.1. The lowest BCUT2D eigenvalue weighted by Gasteiger charge is -2.34. The Morgan fingerprint density at radius 1 is 0.850 bits per heavy atom. The van der Waals surface area contributed by atoms with Crippen molar-refractivity contribution < 1.29 is 27.5 Å². The number of methoxy groups -OCH3 is 2. The Morgan fingerprint density at radius 3 is 2.05 bits per heavy atom. The molecule has 0 aliphatic carbocycles. The molecule has 40 heavy (non-hydrogen) atoms. The maximum Gasteiger partial charge on any atom is 0.244 e. The van der Waals surface area contributed by atoms with Crippen molar-refractivity contribution in [3.8, 4) is 11.5 Å². The van der Waals surface area contributed by atoms with Gasteiger partial charge in [0.1, 0.15) is 24.1 Å². The Labute approximate surface area is 236 Å². The predicted octanol–water partition coefficient (Wildman–Crippen LogP) is 3.63. The maximum absolute atomic E-state index is 14.1. The van der Waals surface area contributed by atoms with E-state index in [0.29, 0.717) is 17.2 Å². The van der Waals surface area contributed by atoms with Gasteiger partial charge in [0.25, 0.3) is 0 Å². The third-order valence-electron chi connectivity index (χ3n) is 6.23. The van der Waals surface area contributed by atoms with Crippen LogP contribution in [0.15, 0.2) is 78.9 Å². The van der Waals surface area contributed by atoms with Crippen LogP contribution >= 0.6 is 0 Å². The van der Waals surface area contributed by atoms with Crippen LogP contribution in [0.25, 0.3) is 0 Å². The number of rotatable bonds is 13. The summed E-state index contributed by atoms with van der Waals surface area (Å²) in [6.45, 7) is 3.27. The molecule has 3 aromatic rings. The summed E-state index contributed by atoms with van der Waals surface area (Å²) in [5.41, 5.74) is 1.91. The number of benzene rings is 3. The molecule has 0 saturated heterocycles. The summed E-state index contributed by atoms with van der Waals surface area (Å²) in [6.07, 6.45) is 1.29. The molecular weight excluding hydrogens is 530 g/mol. The zero-order valence-corrected chi connectivity index (χ0v) is 24.4. The summed E-state index contributed by atoms with van der Waals surface area (Å²) in [5.74, 6) is 0.304. The molecule has 9 nitrogen and oxygen atoms in total. The van der Waals surface area contributed by atoms with Crippen molar-refractivity contribution in [2.24, 2.45) is 0 Å². The number of amides is 2. The third-order valence-corrected chi connectivity index (χ3v) is 7.37. The Bertz CT molecular complexity index is 1380. The van der Waals surface area contributed by atoms with Crippen LogP contribution < -0.4 is 19.1 Å². The van der Waals surface area contributed by atoms with Gasteiger partial charge in [0.15, 0.2) is 0 Å². The first-order valence-corrected chi connectivity index (χ1v) is 14.7. The Balaban J connectivity index is 2.05. The molecular formula is C30H37N3O6S. The molecule has 0 radical (unpaired) electrons. The predicted molar refractivity (Wildman–Crippen MR) is 156 cm³/mol. The van der Waals surface area contributed by atoms with Gasteiger partial charge in [-0.2, -0.15) is 0 Å². The van der Waals surface area contributed by atoms with Gasteiger partial charge in [-0.15, -0.1) is 0 Å². The molecule has 2 amide bonds. The highest BCUT2D eigenvalue weighted by molar-refractivity contribution is 7.92. The minimum atomic E-state index is -3.85. The number of hydrogen-bond acceptors (Lipinski definition) is 6. The summed E-state index contributed by atoms with van der Waals surface area (Å²) in [7, 11) is -0.786. The number of nitrogens with one attached hydrogen (secondary N) is 1. The third kappa shape index (κ3) is 8.47. The second-order valence-corrected chi connectivity index (χ2v) is 11.6. The van der Waals surface area contributed by atoms with Gasteiger partial charge in [-0.1, -0.05) is 42.5 Å². The fraction of sp³-hybridized carbons (Fsp3) is 0.333. The largest absolute Gasteiger partial charge is 0.497 e. The van der Waals surface area contributed by atoms with Gasteiger partial charge >= 0.3 is 0 Å². The van der Waals surface area contributed by atoms with Gasteiger partial charge in [0.2, 0.25) is 21.8 Å². The number of anilines is 1. The van der Waals surface area contributed by atoms with Crippen LogP contribution in [0, 0.1) is 0 Å². The first-order chi connectivity index (χ1) is 19.0. The molecule has 0 fully saturated rings. The van der Waals surface area contributed by atoms with Gasteiger partial charge < -0.3 is 19.7 Å².